The van der Waals surface area contributed by atoms with Crippen LogP contribution in [0.15, 0.2) is 42.6 Å². The van der Waals surface area contributed by atoms with Gasteiger partial charge in [0.15, 0.2) is 0 Å². The topological polar surface area (TPSA) is 103 Å². The number of hydrogen-bond donors (Lipinski definition) is 2. The number of nitrogen functional groups attached to an aromatic ring is 1. The van der Waals surface area contributed by atoms with Gasteiger partial charge in [-0.05, 0) is 25.1 Å². The largest absolute Gasteiger partial charge is 0.494 e. The third kappa shape index (κ3) is 3.65. The van der Waals surface area contributed by atoms with Gasteiger partial charge in [-0.3, -0.25) is 9.78 Å². The summed E-state index contributed by atoms with van der Waals surface area (Å²) in [6.45, 7) is 1.92. The summed E-state index contributed by atoms with van der Waals surface area (Å²) in [5.74, 6) is 0.262. The zero-order valence-corrected chi connectivity index (χ0v) is 14.1. The normalized spacial score (nSPS) is 11.9. The number of fused-ring (bicyclic) bond motifs is 1. The molecule has 0 spiro atoms. The van der Waals surface area contributed by atoms with Crippen molar-refractivity contribution in [2.45, 2.75) is 19.4 Å². The van der Waals surface area contributed by atoms with Crippen molar-refractivity contribution in [1.82, 2.24) is 20.3 Å². The molecule has 0 saturated carbocycles. The van der Waals surface area contributed by atoms with Crippen LogP contribution >= 0.6 is 0 Å². The molecule has 0 fully saturated rings. The summed E-state index contributed by atoms with van der Waals surface area (Å²) >= 11 is 0. The summed E-state index contributed by atoms with van der Waals surface area (Å²) in [5.41, 5.74) is 7.42. The third-order valence-electron chi connectivity index (χ3n) is 3.76. The average molecular weight is 337 g/mol. The molecule has 3 rings (SSSR count). The van der Waals surface area contributed by atoms with Crippen molar-refractivity contribution in [2.24, 2.45) is 0 Å². The molecule has 2 heterocycles. The quantitative estimate of drug-likeness (QED) is 0.738. The molecule has 0 radical (unpaired) electrons. The van der Waals surface area contributed by atoms with Crippen LogP contribution in [0.3, 0.4) is 0 Å². The molecule has 1 atom stereocenters. The van der Waals surface area contributed by atoms with Crippen LogP contribution in [-0.2, 0) is 6.42 Å². The van der Waals surface area contributed by atoms with Crippen LogP contribution in [0.5, 0.6) is 5.75 Å². The minimum absolute atomic E-state index is 0.0273. The lowest BCUT2D eigenvalue weighted by atomic mass is 10.1. The Balaban J connectivity index is 1.87. The fraction of sp³-hybridized carbons (Fsp3) is 0.222. The molecule has 0 aliphatic heterocycles. The highest BCUT2D eigenvalue weighted by Gasteiger charge is 2.18. The van der Waals surface area contributed by atoms with Crippen LogP contribution in [0.25, 0.3) is 10.9 Å². The summed E-state index contributed by atoms with van der Waals surface area (Å²) in [4.78, 5) is 25.3. The number of amides is 1. The molecule has 0 aliphatic rings. The summed E-state index contributed by atoms with van der Waals surface area (Å²) in [6.07, 6.45) is 2.35. The number of ether oxygens (including phenoxy) is 1. The predicted octanol–water partition coefficient (Wildman–Crippen LogP) is 1.98. The predicted molar refractivity (Wildman–Crippen MR) is 95.4 cm³/mol. The summed E-state index contributed by atoms with van der Waals surface area (Å²) in [6, 6.07) is 10.9. The summed E-state index contributed by atoms with van der Waals surface area (Å²) in [7, 11) is 1.54. The Hall–Kier alpha value is -3.22. The highest BCUT2D eigenvalue weighted by atomic mass is 16.5. The zero-order valence-electron chi connectivity index (χ0n) is 14.1. The van der Waals surface area contributed by atoms with Crippen molar-refractivity contribution >= 4 is 22.8 Å². The van der Waals surface area contributed by atoms with Gasteiger partial charge in [0.2, 0.25) is 5.95 Å². The Kier molecular flexibility index (Phi) is 4.74. The maximum Gasteiger partial charge on any atom is 0.270 e. The van der Waals surface area contributed by atoms with Crippen LogP contribution in [0.2, 0.25) is 0 Å². The Morgan fingerprint density at radius 2 is 2.08 bits per heavy atom. The van der Waals surface area contributed by atoms with Crippen molar-refractivity contribution in [3.05, 3.63) is 54.0 Å². The molecule has 3 N–H and O–H groups in total. The maximum absolute atomic E-state index is 12.7. The number of nitrogens with two attached hydrogens (primary N) is 1. The number of anilines is 1. The van der Waals surface area contributed by atoms with E-state index in [9.17, 15) is 4.79 Å². The van der Waals surface area contributed by atoms with Gasteiger partial charge in [-0.1, -0.05) is 18.2 Å². The Morgan fingerprint density at radius 1 is 1.24 bits per heavy atom. The molecule has 1 amide bonds. The van der Waals surface area contributed by atoms with E-state index in [2.05, 4.69) is 20.3 Å². The van der Waals surface area contributed by atoms with E-state index in [0.29, 0.717) is 23.1 Å². The fourth-order valence-electron chi connectivity index (χ4n) is 2.66. The van der Waals surface area contributed by atoms with E-state index in [-0.39, 0.29) is 23.6 Å². The highest BCUT2D eigenvalue weighted by Crippen LogP contribution is 2.26. The first-order valence-electron chi connectivity index (χ1n) is 7.89. The molecule has 25 heavy (non-hydrogen) atoms. The summed E-state index contributed by atoms with van der Waals surface area (Å²) in [5, 5.41) is 3.53. The number of methoxy groups -OCH3 is 1. The van der Waals surface area contributed by atoms with Gasteiger partial charge in [-0.2, -0.15) is 0 Å². The Bertz CT molecular complexity index is 899. The van der Waals surface area contributed by atoms with Gasteiger partial charge in [-0.15, -0.1) is 0 Å². The smallest absolute Gasteiger partial charge is 0.270 e. The van der Waals surface area contributed by atoms with Crippen molar-refractivity contribution < 1.29 is 9.53 Å². The van der Waals surface area contributed by atoms with Crippen LogP contribution in [-0.4, -0.2) is 34.0 Å². The molecule has 1 unspecified atom stereocenters. The molecule has 7 heteroatoms. The number of nitrogens with one attached hydrogen (secondary N) is 1. The molecule has 7 nitrogen and oxygen atoms in total. The van der Waals surface area contributed by atoms with E-state index in [1.807, 2.05) is 25.1 Å². The molecule has 0 aliphatic carbocycles. The van der Waals surface area contributed by atoms with Crippen LogP contribution in [0.4, 0.5) is 5.95 Å². The van der Waals surface area contributed by atoms with E-state index in [1.54, 1.807) is 31.5 Å². The van der Waals surface area contributed by atoms with Crippen molar-refractivity contribution in [3.8, 4) is 5.75 Å². The van der Waals surface area contributed by atoms with E-state index in [0.717, 1.165) is 5.69 Å². The number of aromatic nitrogens is 3. The number of carbonyl (C=O) groups is 1. The van der Waals surface area contributed by atoms with Gasteiger partial charge in [-0.25, -0.2) is 9.97 Å². The second kappa shape index (κ2) is 7.12. The average Bonchev–Trinajstić information content (AvgIpc) is 2.61. The molecular weight excluding hydrogens is 318 g/mol. The number of nitrogens with zero attached hydrogens (tertiary/aromatic N) is 3. The minimum Gasteiger partial charge on any atom is -0.494 e. The molecule has 128 valence electrons. The standard InChI is InChI=1S/C18H19N5O2/c1-11(10-12-6-3-4-9-20-12)21-17(24)16-13-7-5-8-14(25-2)15(13)22-18(19)23-16/h3-9,11H,10H2,1-2H3,(H,21,24)(H2,19,22,23). The number of hydrogen-bond acceptors (Lipinski definition) is 6. The minimum atomic E-state index is -0.309. The Morgan fingerprint density at radius 3 is 2.80 bits per heavy atom. The summed E-state index contributed by atoms with van der Waals surface area (Å²) < 4.78 is 5.29. The highest BCUT2D eigenvalue weighted by molar-refractivity contribution is 6.06. The maximum atomic E-state index is 12.7. The van der Waals surface area contributed by atoms with Crippen molar-refractivity contribution in [3.63, 3.8) is 0 Å². The lowest BCUT2D eigenvalue weighted by Gasteiger charge is -2.14. The van der Waals surface area contributed by atoms with Crippen molar-refractivity contribution in [2.75, 3.05) is 12.8 Å². The lowest BCUT2D eigenvalue weighted by molar-refractivity contribution is 0.0937. The van der Waals surface area contributed by atoms with Crippen LogP contribution < -0.4 is 15.8 Å². The van der Waals surface area contributed by atoms with Crippen molar-refractivity contribution in [1.29, 1.82) is 0 Å². The van der Waals surface area contributed by atoms with Gasteiger partial charge in [0.25, 0.3) is 5.91 Å². The first kappa shape index (κ1) is 16.6. The Labute approximate surface area is 145 Å². The first-order chi connectivity index (χ1) is 12.1. The van der Waals surface area contributed by atoms with Crippen LogP contribution in [0, 0.1) is 0 Å². The van der Waals surface area contributed by atoms with E-state index in [1.165, 1.54) is 0 Å². The molecule has 0 saturated heterocycles. The van der Waals surface area contributed by atoms with Gasteiger partial charge in [0, 0.05) is 29.7 Å². The van der Waals surface area contributed by atoms with Gasteiger partial charge < -0.3 is 15.8 Å². The monoisotopic (exact) mass is 337 g/mol. The first-order valence-corrected chi connectivity index (χ1v) is 7.89. The molecule has 3 aromatic rings. The second-order valence-electron chi connectivity index (χ2n) is 5.69. The van der Waals surface area contributed by atoms with E-state index >= 15 is 0 Å². The number of pyridine rings is 1. The van der Waals surface area contributed by atoms with Gasteiger partial charge >= 0.3 is 0 Å². The number of para-hydroxylation sites is 1. The molecule has 1 aromatic carbocycles. The number of benzene rings is 1. The number of carbonyl (C=O) groups excluding carboxylic acids is 1. The molecule has 0 bridgehead atoms. The number of rotatable bonds is 5. The van der Waals surface area contributed by atoms with Gasteiger partial charge in [0.1, 0.15) is 17.0 Å². The van der Waals surface area contributed by atoms with Gasteiger partial charge in [0.05, 0.1) is 7.11 Å². The zero-order chi connectivity index (χ0) is 17.8. The lowest BCUT2D eigenvalue weighted by Crippen LogP contribution is -2.35. The molecule has 2 aromatic heterocycles. The van der Waals surface area contributed by atoms with Crippen LogP contribution in [0.1, 0.15) is 23.1 Å². The molecular formula is C18H19N5O2. The SMILES string of the molecule is COc1cccc2c(C(=O)NC(C)Cc3ccccn3)nc(N)nc12. The fourth-order valence-corrected chi connectivity index (χ4v) is 2.66. The van der Waals surface area contributed by atoms with E-state index < -0.39 is 0 Å². The van der Waals surface area contributed by atoms with E-state index in [4.69, 9.17) is 10.5 Å². The second-order valence-corrected chi connectivity index (χ2v) is 5.69. The third-order valence-corrected chi connectivity index (χ3v) is 3.76.